The van der Waals surface area contributed by atoms with Gasteiger partial charge in [-0.1, -0.05) is 23.7 Å². The number of nitrogens with zero attached hydrogens (tertiary/aromatic N) is 2. The lowest BCUT2D eigenvalue weighted by atomic mass is 10.2. The molecule has 2 heterocycles. The van der Waals surface area contributed by atoms with Gasteiger partial charge in [-0.3, -0.25) is 14.8 Å². The van der Waals surface area contributed by atoms with E-state index in [4.69, 9.17) is 11.6 Å². The first-order chi connectivity index (χ1) is 12.1. The summed E-state index contributed by atoms with van der Waals surface area (Å²) in [5, 5.41) is 6.65. The van der Waals surface area contributed by atoms with Crippen molar-refractivity contribution in [3.05, 3.63) is 82.9 Å². The molecule has 0 aliphatic rings. The highest BCUT2D eigenvalue weighted by atomic mass is 35.5. The van der Waals surface area contributed by atoms with Crippen LogP contribution in [-0.4, -0.2) is 15.9 Å². The SMILES string of the molecule is Cc1ccc(Cl)cc1NC(=O)c1cc(NCc2ccccn2)ccn1. The molecular weight excluding hydrogens is 336 g/mol. The molecule has 0 saturated heterocycles. The first-order valence-corrected chi connectivity index (χ1v) is 8.17. The summed E-state index contributed by atoms with van der Waals surface area (Å²) in [6.45, 7) is 2.48. The third-order valence-corrected chi connectivity index (χ3v) is 3.88. The maximum absolute atomic E-state index is 12.4. The molecule has 0 aliphatic heterocycles. The molecule has 3 rings (SSSR count). The zero-order valence-corrected chi connectivity index (χ0v) is 14.4. The predicted octanol–water partition coefficient (Wildman–Crippen LogP) is 4.30. The fourth-order valence-corrected chi connectivity index (χ4v) is 2.45. The molecule has 0 atom stereocenters. The topological polar surface area (TPSA) is 66.9 Å². The standard InChI is InChI=1S/C19H17ClN4O/c1-13-5-6-14(20)10-17(13)24-19(25)18-11-15(7-9-22-18)23-12-16-4-2-3-8-21-16/h2-11H,12H2,1H3,(H,22,23)(H,24,25). The number of hydrogen-bond acceptors (Lipinski definition) is 4. The molecule has 0 bridgehead atoms. The molecule has 2 aromatic heterocycles. The number of hydrogen-bond donors (Lipinski definition) is 2. The average molecular weight is 353 g/mol. The third-order valence-electron chi connectivity index (χ3n) is 3.64. The Morgan fingerprint density at radius 1 is 1.08 bits per heavy atom. The number of rotatable bonds is 5. The van der Waals surface area contributed by atoms with Crippen LogP contribution in [0.15, 0.2) is 60.9 Å². The summed E-state index contributed by atoms with van der Waals surface area (Å²) in [4.78, 5) is 20.8. The van der Waals surface area contributed by atoms with Crippen LogP contribution in [0.3, 0.4) is 0 Å². The van der Waals surface area contributed by atoms with Crippen LogP contribution in [0.5, 0.6) is 0 Å². The van der Waals surface area contributed by atoms with Crippen LogP contribution in [-0.2, 0) is 6.54 Å². The quantitative estimate of drug-likeness (QED) is 0.718. The highest BCUT2D eigenvalue weighted by Crippen LogP contribution is 2.21. The molecule has 2 N–H and O–H groups in total. The Labute approximate surface area is 151 Å². The van der Waals surface area contributed by atoms with Gasteiger partial charge >= 0.3 is 0 Å². The number of nitrogens with one attached hydrogen (secondary N) is 2. The molecular formula is C19H17ClN4O. The largest absolute Gasteiger partial charge is 0.379 e. The Kier molecular flexibility index (Phi) is 5.26. The van der Waals surface area contributed by atoms with Crippen molar-refractivity contribution in [2.75, 3.05) is 10.6 Å². The maximum Gasteiger partial charge on any atom is 0.274 e. The van der Waals surface area contributed by atoms with E-state index in [1.807, 2.05) is 37.3 Å². The number of aromatic nitrogens is 2. The van der Waals surface area contributed by atoms with Crippen LogP contribution in [0.2, 0.25) is 5.02 Å². The monoisotopic (exact) mass is 352 g/mol. The second-order valence-corrected chi connectivity index (χ2v) is 5.95. The van der Waals surface area contributed by atoms with Gasteiger partial charge in [0.1, 0.15) is 5.69 Å². The van der Waals surface area contributed by atoms with Gasteiger partial charge in [-0.15, -0.1) is 0 Å². The minimum absolute atomic E-state index is 0.285. The van der Waals surface area contributed by atoms with Crippen LogP contribution >= 0.6 is 11.6 Å². The van der Waals surface area contributed by atoms with Crippen LogP contribution in [0, 0.1) is 6.92 Å². The molecule has 25 heavy (non-hydrogen) atoms. The van der Waals surface area contributed by atoms with Gasteiger partial charge < -0.3 is 10.6 Å². The van der Waals surface area contributed by atoms with E-state index >= 15 is 0 Å². The lowest BCUT2D eigenvalue weighted by Crippen LogP contribution is -2.15. The smallest absolute Gasteiger partial charge is 0.274 e. The van der Waals surface area contributed by atoms with Gasteiger partial charge in [0.15, 0.2) is 0 Å². The van der Waals surface area contributed by atoms with Crippen molar-refractivity contribution >= 4 is 28.9 Å². The van der Waals surface area contributed by atoms with Crippen LogP contribution in [0.1, 0.15) is 21.7 Å². The molecule has 1 amide bonds. The number of carbonyl (C=O) groups is 1. The highest BCUT2D eigenvalue weighted by Gasteiger charge is 2.10. The van der Waals surface area contributed by atoms with Crippen LogP contribution < -0.4 is 10.6 Å². The molecule has 126 valence electrons. The Balaban J connectivity index is 1.70. The number of aryl methyl sites for hydroxylation is 1. The van der Waals surface area contributed by atoms with E-state index in [-0.39, 0.29) is 5.91 Å². The van der Waals surface area contributed by atoms with Crippen molar-refractivity contribution in [2.24, 2.45) is 0 Å². The summed E-state index contributed by atoms with van der Waals surface area (Å²) in [5.74, 6) is -0.285. The van der Waals surface area contributed by atoms with Gasteiger partial charge in [0.05, 0.1) is 12.2 Å². The van der Waals surface area contributed by atoms with E-state index in [9.17, 15) is 4.79 Å². The molecule has 0 unspecified atom stereocenters. The summed E-state index contributed by atoms with van der Waals surface area (Å²) in [6.07, 6.45) is 3.34. The number of carbonyl (C=O) groups excluding carboxylic acids is 1. The van der Waals surface area contributed by atoms with E-state index in [2.05, 4.69) is 20.6 Å². The summed E-state index contributed by atoms with van der Waals surface area (Å²) in [5.41, 5.74) is 3.65. The number of pyridine rings is 2. The molecule has 0 aliphatic carbocycles. The molecule has 6 heteroatoms. The van der Waals surface area contributed by atoms with Crippen molar-refractivity contribution in [1.29, 1.82) is 0 Å². The van der Waals surface area contributed by atoms with Gasteiger partial charge in [-0.05, 0) is 48.9 Å². The average Bonchev–Trinajstić information content (AvgIpc) is 2.64. The lowest BCUT2D eigenvalue weighted by Gasteiger charge is -2.10. The molecule has 0 spiro atoms. The Morgan fingerprint density at radius 2 is 1.96 bits per heavy atom. The van der Waals surface area contributed by atoms with Crippen molar-refractivity contribution in [2.45, 2.75) is 13.5 Å². The number of benzene rings is 1. The molecule has 5 nitrogen and oxygen atoms in total. The summed E-state index contributed by atoms with van der Waals surface area (Å²) in [7, 11) is 0. The molecule has 0 radical (unpaired) electrons. The molecule has 0 fully saturated rings. The second-order valence-electron chi connectivity index (χ2n) is 5.52. The Bertz CT molecular complexity index is 884. The Hall–Kier alpha value is -2.92. The maximum atomic E-state index is 12.4. The Morgan fingerprint density at radius 3 is 2.76 bits per heavy atom. The number of amides is 1. The zero-order valence-electron chi connectivity index (χ0n) is 13.7. The fraction of sp³-hybridized carbons (Fsp3) is 0.105. The van der Waals surface area contributed by atoms with E-state index in [1.165, 1.54) is 0 Å². The van der Waals surface area contributed by atoms with E-state index < -0.39 is 0 Å². The van der Waals surface area contributed by atoms with Gasteiger partial charge in [-0.2, -0.15) is 0 Å². The fourth-order valence-electron chi connectivity index (χ4n) is 2.28. The molecule has 3 aromatic rings. The number of halogens is 1. The molecule has 0 saturated carbocycles. The van der Waals surface area contributed by atoms with Crippen molar-refractivity contribution in [1.82, 2.24) is 9.97 Å². The van der Waals surface area contributed by atoms with Gasteiger partial charge in [0, 0.05) is 28.8 Å². The van der Waals surface area contributed by atoms with Crippen molar-refractivity contribution < 1.29 is 4.79 Å². The zero-order chi connectivity index (χ0) is 17.6. The number of anilines is 2. The molecule has 1 aromatic carbocycles. The van der Waals surface area contributed by atoms with Crippen LogP contribution in [0.25, 0.3) is 0 Å². The van der Waals surface area contributed by atoms with Crippen LogP contribution in [0.4, 0.5) is 11.4 Å². The highest BCUT2D eigenvalue weighted by molar-refractivity contribution is 6.31. The minimum atomic E-state index is -0.285. The van der Waals surface area contributed by atoms with E-state index in [0.717, 1.165) is 16.9 Å². The summed E-state index contributed by atoms with van der Waals surface area (Å²) >= 11 is 5.99. The summed E-state index contributed by atoms with van der Waals surface area (Å²) < 4.78 is 0. The van der Waals surface area contributed by atoms with Crippen molar-refractivity contribution in [3.8, 4) is 0 Å². The summed E-state index contributed by atoms with van der Waals surface area (Å²) in [6, 6.07) is 14.6. The predicted molar refractivity (Wildman–Crippen MR) is 99.9 cm³/mol. The minimum Gasteiger partial charge on any atom is -0.379 e. The van der Waals surface area contributed by atoms with Gasteiger partial charge in [-0.25, -0.2) is 0 Å². The third kappa shape index (κ3) is 4.55. The lowest BCUT2D eigenvalue weighted by molar-refractivity contribution is 0.102. The first kappa shape index (κ1) is 16.9. The van der Waals surface area contributed by atoms with Gasteiger partial charge in [0.25, 0.3) is 5.91 Å². The van der Waals surface area contributed by atoms with E-state index in [1.54, 1.807) is 30.6 Å². The van der Waals surface area contributed by atoms with Crippen molar-refractivity contribution in [3.63, 3.8) is 0 Å². The second kappa shape index (κ2) is 7.77. The van der Waals surface area contributed by atoms with E-state index in [0.29, 0.717) is 22.9 Å². The normalized spacial score (nSPS) is 10.3. The first-order valence-electron chi connectivity index (χ1n) is 7.79. The van der Waals surface area contributed by atoms with Gasteiger partial charge in [0.2, 0.25) is 0 Å².